The number of anilines is 1. The highest BCUT2D eigenvalue weighted by atomic mass is 16.6. The molecule has 6 atom stereocenters. The van der Waals surface area contributed by atoms with Gasteiger partial charge in [0.2, 0.25) is 29.5 Å². The van der Waals surface area contributed by atoms with Crippen LogP contribution in [0.2, 0.25) is 0 Å². The summed E-state index contributed by atoms with van der Waals surface area (Å²) >= 11 is 0. The van der Waals surface area contributed by atoms with E-state index in [9.17, 15) is 43.2 Å². The number of hydrogen-bond donors (Lipinski definition) is 5. The third kappa shape index (κ3) is 23.2. The standard InChI is InChI=1S/C61H95N7O13/c1-36(2)44(34-38(5)49(70)64-43(54(75)80-59(13,14)15)32-33-45(69)79-58(10,11)12)67(21)53(74)47(57(7,8)9)66-52(73)48(61(19,20)41-26-24-23-25-27-41)68(22)56(77)78-35-40-28-30-42(31-29-40)63-50(71)39(6)62-51(72)46(37(3)4)65-55(76)81-60(16,17)18/h23-31,34,36-37,39,43-44,46-48H,32-33,35H2,1-22H3,(H,62,72)(H,63,71)(H,64,70)(H,65,76)(H,66,73)/b38-34+/t39-,43+,44+,46?,47?,48+/m0/s1. The van der Waals surface area contributed by atoms with Crippen LogP contribution in [0.5, 0.6) is 0 Å². The largest absolute Gasteiger partial charge is 0.460 e. The summed E-state index contributed by atoms with van der Waals surface area (Å²) in [6.45, 7) is 34.5. The molecule has 0 saturated heterocycles. The number of rotatable bonds is 23. The number of carbonyl (C=O) groups excluding carboxylic acids is 9. The molecule has 20 nitrogen and oxygen atoms in total. The minimum atomic E-state index is -1.24. The van der Waals surface area contributed by atoms with Crippen LogP contribution in [0, 0.1) is 17.3 Å². The van der Waals surface area contributed by atoms with Crippen molar-refractivity contribution in [3.63, 3.8) is 0 Å². The zero-order chi connectivity index (χ0) is 62.3. The molecule has 0 spiro atoms. The van der Waals surface area contributed by atoms with Crippen LogP contribution in [-0.4, -0.2) is 131 Å². The molecule has 0 fully saturated rings. The number of esters is 2. The second-order valence-corrected chi connectivity index (χ2v) is 26.0. The van der Waals surface area contributed by atoms with Crippen LogP contribution in [-0.2, 0) is 64.5 Å². The lowest BCUT2D eigenvalue weighted by Gasteiger charge is -2.42. The van der Waals surface area contributed by atoms with E-state index in [1.54, 1.807) is 141 Å². The average Bonchev–Trinajstić information content (AvgIpc) is 3.32. The minimum Gasteiger partial charge on any atom is -0.460 e. The third-order valence-corrected chi connectivity index (χ3v) is 12.8. The third-order valence-electron chi connectivity index (χ3n) is 12.8. The molecule has 7 amide bonds. The molecule has 0 bridgehead atoms. The summed E-state index contributed by atoms with van der Waals surface area (Å²) in [6.07, 6.45) is -0.227. The number of carbonyl (C=O) groups is 9. The molecular weight excluding hydrogens is 1040 g/mol. The van der Waals surface area contributed by atoms with E-state index in [1.807, 2.05) is 58.0 Å². The molecule has 5 N–H and O–H groups in total. The lowest BCUT2D eigenvalue weighted by Crippen LogP contribution is -2.63. The molecule has 0 aliphatic carbocycles. The van der Waals surface area contributed by atoms with Crippen molar-refractivity contribution in [3.8, 4) is 0 Å². The molecular formula is C61H95N7O13. The van der Waals surface area contributed by atoms with Crippen molar-refractivity contribution in [2.75, 3.05) is 19.4 Å². The first-order valence-electron chi connectivity index (χ1n) is 27.6. The highest BCUT2D eigenvalue weighted by molar-refractivity contribution is 5.98. The summed E-state index contributed by atoms with van der Waals surface area (Å²) in [6, 6.07) is 9.43. The van der Waals surface area contributed by atoms with Gasteiger partial charge < -0.3 is 50.4 Å². The molecule has 0 heterocycles. The number of benzene rings is 2. The van der Waals surface area contributed by atoms with Crippen LogP contribution in [0.3, 0.4) is 0 Å². The summed E-state index contributed by atoms with van der Waals surface area (Å²) in [4.78, 5) is 125. The lowest BCUT2D eigenvalue weighted by atomic mass is 9.76. The molecule has 81 heavy (non-hydrogen) atoms. The summed E-state index contributed by atoms with van der Waals surface area (Å²) in [5.41, 5.74) is -2.50. The molecule has 0 radical (unpaired) electrons. The molecule has 0 aromatic heterocycles. The van der Waals surface area contributed by atoms with Crippen molar-refractivity contribution in [2.24, 2.45) is 17.3 Å². The maximum atomic E-state index is 15.0. The van der Waals surface area contributed by atoms with Crippen LogP contribution >= 0.6 is 0 Å². The van der Waals surface area contributed by atoms with Crippen molar-refractivity contribution in [1.82, 2.24) is 31.1 Å². The number of amides is 7. The highest BCUT2D eigenvalue weighted by Gasteiger charge is 2.46. The van der Waals surface area contributed by atoms with Gasteiger partial charge in [0.15, 0.2) is 0 Å². The first kappa shape index (κ1) is 70.1. The van der Waals surface area contributed by atoms with E-state index < -0.39 is 118 Å². The van der Waals surface area contributed by atoms with Crippen LogP contribution in [0.4, 0.5) is 15.3 Å². The molecule has 0 aliphatic rings. The summed E-state index contributed by atoms with van der Waals surface area (Å²) in [5.74, 6) is -4.66. The Morgan fingerprint density at radius 1 is 0.605 bits per heavy atom. The topological polar surface area (TPSA) is 257 Å². The van der Waals surface area contributed by atoms with Gasteiger partial charge in [0.1, 0.15) is 53.6 Å². The summed E-state index contributed by atoms with van der Waals surface area (Å²) in [7, 11) is 3.03. The lowest BCUT2D eigenvalue weighted by molar-refractivity contribution is -0.160. The Morgan fingerprint density at radius 2 is 1.15 bits per heavy atom. The van der Waals surface area contributed by atoms with Gasteiger partial charge in [0, 0.05) is 37.2 Å². The Hall–Kier alpha value is -6.99. The normalized spacial score (nSPS) is 14.6. The predicted molar refractivity (Wildman–Crippen MR) is 311 cm³/mol. The Balaban J connectivity index is 2.37. The maximum absolute atomic E-state index is 15.0. The van der Waals surface area contributed by atoms with E-state index in [-0.39, 0.29) is 36.9 Å². The van der Waals surface area contributed by atoms with Crippen molar-refractivity contribution in [2.45, 2.75) is 216 Å². The van der Waals surface area contributed by atoms with Crippen LogP contribution in [0.25, 0.3) is 0 Å². The van der Waals surface area contributed by atoms with Crippen LogP contribution < -0.4 is 26.6 Å². The van der Waals surface area contributed by atoms with Crippen LogP contribution in [0.15, 0.2) is 66.2 Å². The molecule has 0 aliphatic heterocycles. The summed E-state index contributed by atoms with van der Waals surface area (Å²) < 4.78 is 22.1. The Kier molecular flexibility index (Phi) is 25.2. The van der Waals surface area contributed by atoms with Gasteiger partial charge in [-0.3, -0.25) is 33.7 Å². The number of alkyl carbamates (subject to hydrolysis) is 1. The Morgan fingerprint density at radius 3 is 1.64 bits per heavy atom. The van der Waals surface area contributed by atoms with E-state index >= 15 is 0 Å². The summed E-state index contributed by atoms with van der Waals surface area (Å²) in [5, 5.41) is 13.7. The van der Waals surface area contributed by atoms with Gasteiger partial charge in [0.25, 0.3) is 0 Å². The monoisotopic (exact) mass is 1130 g/mol. The van der Waals surface area contributed by atoms with Crippen molar-refractivity contribution in [3.05, 3.63) is 77.4 Å². The van der Waals surface area contributed by atoms with E-state index in [0.717, 1.165) is 5.56 Å². The highest BCUT2D eigenvalue weighted by Crippen LogP contribution is 2.32. The van der Waals surface area contributed by atoms with Gasteiger partial charge >= 0.3 is 24.1 Å². The van der Waals surface area contributed by atoms with Gasteiger partial charge in [0.05, 0.1) is 6.04 Å². The van der Waals surface area contributed by atoms with E-state index in [1.165, 1.54) is 23.8 Å². The number of hydrogen-bond acceptors (Lipinski definition) is 13. The number of ether oxygens (including phenoxy) is 4. The molecule has 0 saturated carbocycles. The van der Waals surface area contributed by atoms with Crippen LogP contribution in [0.1, 0.15) is 162 Å². The number of nitrogens with zero attached hydrogens (tertiary/aromatic N) is 2. The second kappa shape index (κ2) is 29.1. The van der Waals surface area contributed by atoms with Gasteiger partial charge in [-0.25, -0.2) is 14.4 Å². The second-order valence-electron chi connectivity index (χ2n) is 26.0. The average molecular weight is 1130 g/mol. The molecule has 2 unspecified atom stereocenters. The number of nitrogens with one attached hydrogen (secondary N) is 5. The zero-order valence-electron chi connectivity index (χ0n) is 52.2. The van der Waals surface area contributed by atoms with Gasteiger partial charge in [-0.2, -0.15) is 0 Å². The fraction of sp³-hybridized carbons (Fsp3) is 0.623. The SMILES string of the molecule is C/C(=C\[C@H](C(C)C)N(C)C(=O)C(NC(=O)[C@@H](N(C)C(=O)OCc1ccc(NC(=O)[C@H](C)NC(=O)C(NC(=O)OC(C)(C)C)C(C)C)cc1)C(C)(C)c1ccccc1)C(C)(C)C)C(=O)N[C@H](CCC(=O)OC(C)(C)C)C(=O)OC(C)(C)C. The molecule has 2 aromatic carbocycles. The van der Waals surface area contributed by atoms with E-state index in [4.69, 9.17) is 18.9 Å². The Bertz CT molecular complexity index is 2530. The van der Waals surface area contributed by atoms with Gasteiger partial charge in [-0.1, -0.05) is 111 Å². The first-order valence-corrected chi connectivity index (χ1v) is 27.6. The first-order chi connectivity index (χ1) is 36.9. The van der Waals surface area contributed by atoms with Crippen molar-refractivity contribution < 1.29 is 62.1 Å². The molecule has 2 aromatic rings. The quantitative estimate of drug-likeness (QED) is 0.0398. The van der Waals surface area contributed by atoms with E-state index in [0.29, 0.717) is 11.3 Å². The number of likely N-dealkylation sites (N-methyl/N-ethyl adjacent to an activating group) is 2. The predicted octanol–water partition coefficient (Wildman–Crippen LogP) is 8.50. The van der Waals surface area contributed by atoms with Crippen molar-refractivity contribution >= 4 is 59.3 Å². The van der Waals surface area contributed by atoms with Crippen molar-refractivity contribution in [1.29, 1.82) is 0 Å². The fourth-order valence-corrected chi connectivity index (χ4v) is 8.49. The van der Waals surface area contributed by atoms with Gasteiger partial charge in [-0.15, -0.1) is 0 Å². The van der Waals surface area contributed by atoms with Gasteiger partial charge in [-0.05, 0) is 123 Å². The maximum Gasteiger partial charge on any atom is 0.410 e. The molecule has 452 valence electrons. The zero-order valence-corrected chi connectivity index (χ0v) is 52.2. The smallest absolute Gasteiger partial charge is 0.410 e. The minimum absolute atomic E-state index is 0.0846. The molecule has 2 rings (SSSR count). The Labute approximate surface area is 481 Å². The molecule has 20 heteroatoms. The van der Waals surface area contributed by atoms with E-state index in [2.05, 4.69) is 26.6 Å². The fourth-order valence-electron chi connectivity index (χ4n) is 8.49.